The molecule has 0 saturated carbocycles. The van der Waals surface area contributed by atoms with Crippen molar-refractivity contribution < 1.29 is 8.83 Å². The molecule has 0 radical (unpaired) electrons. The first kappa shape index (κ1) is 8.90. The zero-order valence-corrected chi connectivity index (χ0v) is 8.97. The largest absolute Gasteiger partial charge is 0.453 e. The van der Waals surface area contributed by atoms with E-state index in [-0.39, 0.29) is 0 Å². The highest BCUT2D eigenvalue weighted by atomic mass is 79.9. The lowest BCUT2D eigenvalue weighted by Gasteiger charge is -1.91. The zero-order chi connectivity index (χ0) is 9.10. The van der Waals surface area contributed by atoms with Crippen molar-refractivity contribution in [2.24, 2.45) is 0 Å². The van der Waals surface area contributed by atoms with Gasteiger partial charge in [0, 0.05) is 0 Å². The molecule has 0 unspecified atom stereocenters. The van der Waals surface area contributed by atoms with Crippen LogP contribution in [-0.4, -0.2) is 4.98 Å². The third-order valence-corrected chi connectivity index (χ3v) is 2.68. The van der Waals surface area contributed by atoms with Crippen LogP contribution in [0.25, 0.3) is 0 Å². The maximum Gasteiger partial charge on any atom is 0.255 e. The number of furan rings is 1. The minimum atomic E-state index is 0.660. The van der Waals surface area contributed by atoms with E-state index in [0.717, 1.165) is 16.2 Å². The molecule has 0 aliphatic carbocycles. The molecule has 0 fully saturated rings. The van der Waals surface area contributed by atoms with E-state index in [1.165, 1.54) is 11.8 Å². The third kappa shape index (κ3) is 2.38. The number of rotatable bonds is 3. The van der Waals surface area contributed by atoms with E-state index >= 15 is 0 Å². The Kier molecular flexibility index (Phi) is 2.75. The van der Waals surface area contributed by atoms with Crippen molar-refractivity contribution >= 4 is 27.7 Å². The molecule has 3 nitrogen and oxygen atoms in total. The fourth-order valence-corrected chi connectivity index (χ4v) is 1.86. The second-order valence-corrected chi connectivity index (χ2v) is 4.00. The van der Waals surface area contributed by atoms with Gasteiger partial charge in [-0.1, -0.05) is 11.8 Å². The molecule has 13 heavy (non-hydrogen) atoms. The van der Waals surface area contributed by atoms with Crippen LogP contribution in [0.2, 0.25) is 0 Å². The second-order valence-electron chi connectivity index (χ2n) is 2.29. The van der Waals surface area contributed by atoms with Crippen molar-refractivity contribution in [1.82, 2.24) is 4.98 Å². The Morgan fingerprint density at radius 1 is 1.46 bits per heavy atom. The van der Waals surface area contributed by atoms with E-state index in [2.05, 4.69) is 20.9 Å². The summed E-state index contributed by atoms with van der Waals surface area (Å²) in [6.07, 6.45) is 3.18. The summed E-state index contributed by atoms with van der Waals surface area (Å²) in [6.45, 7) is 0. The molecule has 0 amide bonds. The topological polar surface area (TPSA) is 39.2 Å². The molecule has 2 aromatic heterocycles. The van der Waals surface area contributed by atoms with Crippen LogP contribution in [-0.2, 0) is 5.75 Å². The third-order valence-electron chi connectivity index (χ3n) is 1.38. The highest BCUT2D eigenvalue weighted by molar-refractivity contribution is 9.10. The zero-order valence-electron chi connectivity index (χ0n) is 6.57. The quantitative estimate of drug-likeness (QED) is 0.793. The van der Waals surface area contributed by atoms with Crippen LogP contribution < -0.4 is 0 Å². The number of hydrogen-bond donors (Lipinski definition) is 0. The summed E-state index contributed by atoms with van der Waals surface area (Å²) in [5.74, 6) is 1.63. The van der Waals surface area contributed by atoms with Gasteiger partial charge in [0.05, 0.1) is 11.9 Å². The van der Waals surface area contributed by atoms with Gasteiger partial charge in [0.25, 0.3) is 5.22 Å². The number of thioether (sulfide) groups is 1. The molecule has 0 atom stereocenters. The lowest BCUT2D eigenvalue weighted by molar-refractivity contribution is 0.452. The molecule has 0 N–H and O–H groups in total. The molecule has 2 heterocycles. The van der Waals surface area contributed by atoms with E-state index in [0.29, 0.717) is 5.22 Å². The first-order valence-electron chi connectivity index (χ1n) is 3.61. The molecule has 0 saturated heterocycles. The summed E-state index contributed by atoms with van der Waals surface area (Å²) in [5.41, 5.74) is 0. The molecular formula is C8H6BrNO2S. The van der Waals surface area contributed by atoms with Gasteiger partial charge in [-0.25, -0.2) is 4.98 Å². The molecular weight excluding hydrogens is 254 g/mol. The normalized spacial score (nSPS) is 10.5. The van der Waals surface area contributed by atoms with E-state index in [1.54, 1.807) is 12.5 Å². The Morgan fingerprint density at radius 2 is 2.38 bits per heavy atom. The molecule has 0 aliphatic rings. The minimum absolute atomic E-state index is 0.660. The summed E-state index contributed by atoms with van der Waals surface area (Å²) >= 11 is 4.74. The standard InChI is InChI=1S/C8H6BrNO2S/c9-7-2-1-6(12-7)5-13-8-10-3-4-11-8/h1-4H,5H2. The van der Waals surface area contributed by atoms with Crippen molar-refractivity contribution in [3.8, 4) is 0 Å². The SMILES string of the molecule is Brc1ccc(CSc2ncco2)o1. The van der Waals surface area contributed by atoms with E-state index in [4.69, 9.17) is 8.83 Å². The van der Waals surface area contributed by atoms with Crippen molar-refractivity contribution in [2.45, 2.75) is 11.0 Å². The van der Waals surface area contributed by atoms with Crippen LogP contribution in [0.3, 0.4) is 0 Å². The fraction of sp³-hybridized carbons (Fsp3) is 0.125. The van der Waals surface area contributed by atoms with E-state index in [9.17, 15) is 0 Å². The van der Waals surface area contributed by atoms with Crippen LogP contribution in [0.1, 0.15) is 5.76 Å². The maximum absolute atomic E-state index is 5.31. The van der Waals surface area contributed by atoms with Crippen LogP contribution in [0.15, 0.2) is 43.3 Å². The van der Waals surface area contributed by atoms with Gasteiger partial charge < -0.3 is 8.83 Å². The minimum Gasteiger partial charge on any atom is -0.453 e. The van der Waals surface area contributed by atoms with Crippen LogP contribution >= 0.6 is 27.7 Å². The first-order chi connectivity index (χ1) is 6.34. The van der Waals surface area contributed by atoms with Gasteiger partial charge in [-0.2, -0.15) is 0 Å². The molecule has 68 valence electrons. The second kappa shape index (κ2) is 4.02. The van der Waals surface area contributed by atoms with Gasteiger partial charge in [-0.3, -0.25) is 0 Å². The average molecular weight is 260 g/mol. The molecule has 0 spiro atoms. The fourth-order valence-electron chi connectivity index (χ4n) is 0.844. The smallest absolute Gasteiger partial charge is 0.255 e. The first-order valence-corrected chi connectivity index (χ1v) is 5.39. The van der Waals surface area contributed by atoms with E-state index < -0.39 is 0 Å². The molecule has 5 heteroatoms. The Hall–Kier alpha value is -0.680. The average Bonchev–Trinajstić information content (AvgIpc) is 2.71. The summed E-state index contributed by atoms with van der Waals surface area (Å²) in [7, 11) is 0. The van der Waals surface area contributed by atoms with Crippen LogP contribution in [0.4, 0.5) is 0 Å². The van der Waals surface area contributed by atoms with Crippen molar-refractivity contribution in [2.75, 3.05) is 0 Å². The number of aromatic nitrogens is 1. The van der Waals surface area contributed by atoms with Gasteiger partial charge in [-0.05, 0) is 28.1 Å². The Balaban J connectivity index is 1.93. The van der Waals surface area contributed by atoms with Gasteiger partial charge in [0.2, 0.25) is 0 Å². The Bertz CT molecular complexity index is 371. The Morgan fingerprint density at radius 3 is 3.00 bits per heavy atom. The predicted octanol–water partition coefficient (Wildman–Crippen LogP) is 3.32. The van der Waals surface area contributed by atoms with Crippen LogP contribution in [0.5, 0.6) is 0 Å². The highest BCUT2D eigenvalue weighted by Gasteiger charge is 2.03. The number of halogens is 1. The number of nitrogens with zero attached hydrogens (tertiary/aromatic N) is 1. The summed E-state index contributed by atoms with van der Waals surface area (Å²) in [4.78, 5) is 3.98. The van der Waals surface area contributed by atoms with Gasteiger partial charge in [0.1, 0.15) is 12.0 Å². The van der Waals surface area contributed by atoms with Gasteiger partial charge in [0.15, 0.2) is 4.67 Å². The predicted molar refractivity (Wildman–Crippen MR) is 52.5 cm³/mol. The van der Waals surface area contributed by atoms with Gasteiger partial charge in [-0.15, -0.1) is 0 Å². The molecule has 0 aliphatic heterocycles. The van der Waals surface area contributed by atoms with Crippen LogP contribution in [0, 0.1) is 0 Å². The van der Waals surface area contributed by atoms with E-state index in [1.807, 2.05) is 12.1 Å². The number of hydrogen-bond acceptors (Lipinski definition) is 4. The lowest BCUT2D eigenvalue weighted by Crippen LogP contribution is -1.74. The molecule has 2 aromatic rings. The maximum atomic E-state index is 5.31. The lowest BCUT2D eigenvalue weighted by atomic mass is 10.5. The highest BCUT2D eigenvalue weighted by Crippen LogP contribution is 2.23. The summed E-state index contributed by atoms with van der Waals surface area (Å²) in [5, 5.41) is 0.660. The van der Waals surface area contributed by atoms with Crippen molar-refractivity contribution in [3.05, 3.63) is 35.0 Å². The molecule has 2 rings (SSSR count). The summed E-state index contributed by atoms with van der Waals surface area (Å²) < 4.78 is 11.1. The Labute approximate surface area is 87.7 Å². The molecule has 0 aromatic carbocycles. The monoisotopic (exact) mass is 259 g/mol. The molecule has 0 bridgehead atoms. The number of oxazole rings is 1. The van der Waals surface area contributed by atoms with Crippen molar-refractivity contribution in [3.63, 3.8) is 0 Å². The summed E-state index contributed by atoms with van der Waals surface area (Å²) in [6, 6.07) is 3.78. The van der Waals surface area contributed by atoms with Gasteiger partial charge >= 0.3 is 0 Å². The van der Waals surface area contributed by atoms with Crippen molar-refractivity contribution in [1.29, 1.82) is 0 Å².